The van der Waals surface area contributed by atoms with Crippen LogP contribution >= 0.6 is 0 Å². The van der Waals surface area contributed by atoms with Crippen molar-refractivity contribution in [3.05, 3.63) is 53.6 Å². The standard InChI is InChI=1S/C26H37N3O5/c1-5-29(6-2)15-16-34-22-12-10-9-11-21(22)18-27-25(30)19-28-26(31)20-13-14-23(32-7-3)24(17-20)33-8-4/h9-14,17H,5-8,15-16,18-19H2,1-4H3,(H,27,30)(H,28,31). The average Bonchev–Trinajstić information content (AvgIpc) is 2.85. The summed E-state index contributed by atoms with van der Waals surface area (Å²) in [4.78, 5) is 27.1. The molecule has 0 aliphatic heterocycles. The first-order valence-electron chi connectivity index (χ1n) is 11.9. The number of ether oxygens (including phenoxy) is 3. The average molecular weight is 472 g/mol. The van der Waals surface area contributed by atoms with Crippen molar-refractivity contribution in [1.82, 2.24) is 15.5 Å². The number of amides is 2. The second-order valence-corrected chi connectivity index (χ2v) is 7.47. The Morgan fingerprint density at radius 3 is 2.24 bits per heavy atom. The highest BCUT2D eigenvalue weighted by Gasteiger charge is 2.13. The van der Waals surface area contributed by atoms with Gasteiger partial charge in [-0.1, -0.05) is 32.0 Å². The molecule has 8 heteroatoms. The summed E-state index contributed by atoms with van der Waals surface area (Å²) in [6, 6.07) is 12.6. The fourth-order valence-electron chi connectivity index (χ4n) is 3.33. The zero-order valence-corrected chi connectivity index (χ0v) is 20.7. The van der Waals surface area contributed by atoms with Crippen LogP contribution < -0.4 is 24.8 Å². The first-order chi connectivity index (χ1) is 16.5. The van der Waals surface area contributed by atoms with Crippen molar-refractivity contribution < 1.29 is 23.8 Å². The van der Waals surface area contributed by atoms with E-state index in [-0.39, 0.29) is 18.4 Å². The fourth-order valence-corrected chi connectivity index (χ4v) is 3.33. The molecule has 2 aromatic carbocycles. The summed E-state index contributed by atoms with van der Waals surface area (Å²) in [5.74, 6) is 1.18. The third-order valence-corrected chi connectivity index (χ3v) is 5.22. The Morgan fingerprint density at radius 2 is 1.53 bits per heavy atom. The van der Waals surface area contributed by atoms with Gasteiger partial charge in [0.25, 0.3) is 5.91 Å². The molecule has 2 rings (SSSR count). The molecule has 0 saturated heterocycles. The van der Waals surface area contributed by atoms with Crippen molar-refractivity contribution in [3.63, 3.8) is 0 Å². The van der Waals surface area contributed by atoms with Crippen LogP contribution in [0.1, 0.15) is 43.6 Å². The van der Waals surface area contributed by atoms with Crippen LogP contribution in [0.3, 0.4) is 0 Å². The van der Waals surface area contributed by atoms with Gasteiger partial charge in [0.1, 0.15) is 12.4 Å². The molecule has 0 heterocycles. The Morgan fingerprint density at radius 1 is 0.824 bits per heavy atom. The van der Waals surface area contributed by atoms with Crippen molar-refractivity contribution in [2.45, 2.75) is 34.2 Å². The van der Waals surface area contributed by atoms with E-state index in [4.69, 9.17) is 14.2 Å². The molecule has 0 unspecified atom stereocenters. The van der Waals surface area contributed by atoms with E-state index in [1.807, 2.05) is 38.1 Å². The van der Waals surface area contributed by atoms with Crippen molar-refractivity contribution in [3.8, 4) is 17.2 Å². The lowest BCUT2D eigenvalue weighted by Crippen LogP contribution is -2.36. The number of para-hydroxylation sites is 1. The smallest absolute Gasteiger partial charge is 0.251 e. The van der Waals surface area contributed by atoms with Crippen LogP contribution in [0.4, 0.5) is 0 Å². The summed E-state index contributed by atoms with van der Waals surface area (Å²) < 4.78 is 17.0. The van der Waals surface area contributed by atoms with Crippen LogP contribution in [0.2, 0.25) is 0 Å². The summed E-state index contributed by atoms with van der Waals surface area (Å²) in [5.41, 5.74) is 1.28. The fraction of sp³-hybridized carbons (Fsp3) is 0.462. The number of nitrogens with one attached hydrogen (secondary N) is 2. The molecule has 0 fully saturated rings. The topological polar surface area (TPSA) is 89.1 Å². The highest BCUT2D eigenvalue weighted by Crippen LogP contribution is 2.28. The molecule has 0 aliphatic carbocycles. The van der Waals surface area contributed by atoms with Gasteiger partial charge in [0.05, 0.1) is 19.8 Å². The Labute approximate surface area is 202 Å². The molecule has 2 N–H and O–H groups in total. The normalized spacial score (nSPS) is 10.6. The highest BCUT2D eigenvalue weighted by atomic mass is 16.5. The second kappa shape index (κ2) is 14.8. The third-order valence-electron chi connectivity index (χ3n) is 5.22. The van der Waals surface area contributed by atoms with Gasteiger partial charge in [-0.2, -0.15) is 0 Å². The lowest BCUT2D eigenvalue weighted by molar-refractivity contribution is -0.120. The van der Waals surface area contributed by atoms with Gasteiger partial charge in [0.2, 0.25) is 5.91 Å². The summed E-state index contributed by atoms with van der Waals surface area (Å²) in [5, 5.41) is 5.48. The summed E-state index contributed by atoms with van der Waals surface area (Å²) in [7, 11) is 0. The Balaban J connectivity index is 1.86. The monoisotopic (exact) mass is 471 g/mol. The Hall–Kier alpha value is -3.26. The van der Waals surface area contributed by atoms with Gasteiger partial charge in [-0.3, -0.25) is 9.59 Å². The van der Waals surface area contributed by atoms with E-state index >= 15 is 0 Å². The van der Waals surface area contributed by atoms with Gasteiger partial charge in [-0.25, -0.2) is 0 Å². The number of carbonyl (C=O) groups excluding carboxylic acids is 2. The molecule has 8 nitrogen and oxygen atoms in total. The van der Waals surface area contributed by atoms with Gasteiger partial charge in [0.15, 0.2) is 11.5 Å². The lowest BCUT2D eigenvalue weighted by Gasteiger charge is -2.19. The molecule has 2 amide bonds. The van der Waals surface area contributed by atoms with Gasteiger partial charge in [0, 0.05) is 24.2 Å². The van der Waals surface area contributed by atoms with E-state index in [2.05, 4.69) is 29.4 Å². The molecule has 186 valence electrons. The van der Waals surface area contributed by atoms with Crippen molar-refractivity contribution in [1.29, 1.82) is 0 Å². The maximum atomic E-state index is 12.5. The number of benzene rings is 2. The van der Waals surface area contributed by atoms with Crippen LogP contribution in [-0.4, -0.2) is 62.7 Å². The lowest BCUT2D eigenvalue weighted by atomic mass is 10.2. The van der Waals surface area contributed by atoms with Crippen molar-refractivity contribution in [2.24, 2.45) is 0 Å². The quantitative estimate of drug-likeness (QED) is 0.415. The number of hydrogen-bond acceptors (Lipinski definition) is 6. The zero-order chi connectivity index (χ0) is 24.8. The molecule has 0 saturated carbocycles. The van der Waals surface area contributed by atoms with E-state index in [1.54, 1.807) is 18.2 Å². The highest BCUT2D eigenvalue weighted by molar-refractivity contribution is 5.97. The summed E-state index contributed by atoms with van der Waals surface area (Å²) >= 11 is 0. The van der Waals surface area contributed by atoms with Crippen LogP contribution in [0.15, 0.2) is 42.5 Å². The van der Waals surface area contributed by atoms with E-state index < -0.39 is 0 Å². The van der Waals surface area contributed by atoms with Crippen LogP contribution in [0.5, 0.6) is 17.2 Å². The molecule has 0 bridgehead atoms. The Kier molecular flexibility index (Phi) is 11.7. The molecular weight excluding hydrogens is 434 g/mol. The molecule has 0 radical (unpaired) electrons. The van der Waals surface area contributed by atoms with Crippen LogP contribution in [-0.2, 0) is 11.3 Å². The van der Waals surface area contributed by atoms with Crippen molar-refractivity contribution >= 4 is 11.8 Å². The predicted octanol–water partition coefficient (Wildman–Crippen LogP) is 3.25. The number of likely N-dealkylation sites (N-methyl/N-ethyl adjacent to an activating group) is 1. The minimum atomic E-state index is -0.362. The third kappa shape index (κ3) is 8.59. The molecule has 2 aromatic rings. The summed E-state index contributed by atoms with van der Waals surface area (Å²) in [6.07, 6.45) is 0. The molecular formula is C26H37N3O5. The maximum absolute atomic E-state index is 12.5. The van der Waals surface area contributed by atoms with Crippen LogP contribution in [0, 0.1) is 0 Å². The van der Waals surface area contributed by atoms with E-state index in [0.717, 1.165) is 30.9 Å². The minimum absolute atomic E-state index is 0.138. The van der Waals surface area contributed by atoms with E-state index in [0.29, 0.717) is 43.4 Å². The van der Waals surface area contributed by atoms with Gasteiger partial charge in [-0.15, -0.1) is 0 Å². The SMILES string of the molecule is CCOc1ccc(C(=O)NCC(=O)NCc2ccccc2OCCN(CC)CC)cc1OCC. The largest absolute Gasteiger partial charge is 0.492 e. The maximum Gasteiger partial charge on any atom is 0.251 e. The molecule has 0 aliphatic rings. The number of hydrogen-bond donors (Lipinski definition) is 2. The van der Waals surface area contributed by atoms with E-state index in [9.17, 15) is 9.59 Å². The van der Waals surface area contributed by atoms with Gasteiger partial charge >= 0.3 is 0 Å². The first kappa shape index (κ1) is 27.0. The zero-order valence-electron chi connectivity index (χ0n) is 20.7. The number of nitrogens with zero attached hydrogens (tertiary/aromatic N) is 1. The van der Waals surface area contributed by atoms with Gasteiger partial charge in [-0.05, 0) is 51.2 Å². The molecule has 0 atom stereocenters. The molecule has 34 heavy (non-hydrogen) atoms. The van der Waals surface area contributed by atoms with Crippen LogP contribution in [0.25, 0.3) is 0 Å². The number of rotatable bonds is 15. The second-order valence-electron chi connectivity index (χ2n) is 7.47. The predicted molar refractivity (Wildman–Crippen MR) is 133 cm³/mol. The molecule has 0 spiro atoms. The Bertz CT molecular complexity index is 915. The van der Waals surface area contributed by atoms with Gasteiger partial charge < -0.3 is 29.7 Å². The number of carbonyl (C=O) groups is 2. The van der Waals surface area contributed by atoms with E-state index in [1.165, 1.54) is 0 Å². The molecule has 0 aromatic heterocycles. The summed E-state index contributed by atoms with van der Waals surface area (Å²) in [6.45, 7) is 12.5. The first-order valence-corrected chi connectivity index (χ1v) is 11.9. The van der Waals surface area contributed by atoms with Crippen molar-refractivity contribution in [2.75, 3.05) is 46.0 Å². The minimum Gasteiger partial charge on any atom is -0.492 e.